The van der Waals surface area contributed by atoms with Crippen LogP contribution < -0.4 is 10.1 Å². The van der Waals surface area contributed by atoms with Crippen molar-refractivity contribution in [3.63, 3.8) is 0 Å². The van der Waals surface area contributed by atoms with Gasteiger partial charge in [-0.3, -0.25) is 4.98 Å². The predicted molar refractivity (Wildman–Crippen MR) is 128 cm³/mol. The molecular weight excluding hydrogens is 382 g/mol. The number of fused-ring (bicyclic) bond motifs is 2. The highest BCUT2D eigenvalue weighted by Crippen LogP contribution is 2.28. The van der Waals surface area contributed by atoms with E-state index in [-0.39, 0.29) is 0 Å². The lowest BCUT2D eigenvalue weighted by Crippen LogP contribution is -1.94. The molecule has 0 bridgehead atoms. The van der Waals surface area contributed by atoms with Gasteiger partial charge in [0.2, 0.25) is 0 Å². The van der Waals surface area contributed by atoms with E-state index >= 15 is 0 Å². The highest BCUT2D eigenvalue weighted by Gasteiger charge is 2.06. The first-order valence-corrected chi connectivity index (χ1v) is 10.6. The molecule has 0 spiro atoms. The topological polar surface area (TPSA) is 49.9 Å². The molecule has 3 aromatic carbocycles. The minimum absolute atomic E-state index is 0.828. The van der Waals surface area contributed by atoms with Gasteiger partial charge in [0.05, 0.1) is 12.6 Å². The summed E-state index contributed by atoms with van der Waals surface area (Å²) in [7, 11) is 1.68. The van der Waals surface area contributed by atoms with Crippen molar-refractivity contribution in [1.29, 1.82) is 0 Å². The molecule has 0 fully saturated rings. The van der Waals surface area contributed by atoms with Crippen molar-refractivity contribution >= 4 is 33.2 Å². The number of benzene rings is 3. The Balaban J connectivity index is 1.25. The van der Waals surface area contributed by atoms with Gasteiger partial charge in [-0.25, -0.2) is 0 Å². The normalized spacial score (nSPS) is 11.1. The van der Waals surface area contributed by atoms with Crippen LogP contribution >= 0.6 is 0 Å². The Labute approximate surface area is 181 Å². The fourth-order valence-electron chi connectivity index (χ4n) is 4.09. The SMILES string of the molecule is COc1ccc2nccc(Nc3ccc(CCCc4c[nH]c5ccccc45)cc3)c2c1. The minimum Gasteiger partial charge on any atom is -0.497 e. The van der Waals surface area contributed by atoms with Gasteiger partial charge in [-0.15, -0.1) is 0 Å². The summed E-state index contributed by atoms with van der Waals surface area (Å²) in [5, 5.41) is 5.91. The molecule has 0 amide bonds. The zero-order chi connectivity index (χ0) is 21.0. The van der Waals surface area contributed by atoms with E-state index in [0.29, 0.717) is 0 Å². The summed E-state index contributed by atoms with van der Waals surface area (Å²) < 4.78 is 5.37. The first-order chi connectivity index (χ1) is 15.3. The smallest absolute Gasteiger partial charge is 0.119 e. The Morgan fingerprint density at radius 1 is 0.903 bits per heavy atom. The lowest BCUT2D eigenvalue weighted by Gasteiger charge is -2.11. The van der Waals surface area contributed by atoms with E-state index in [1.165, 1.54) is 22.0 Å². The molecule has 0 unspecified atom stereocenters. The van der Waals surface area contributed by atoms with E-state index in [1.807, 2.05) is 30.5 Å². The maximum atomic E-state index is 5.37. The van der Waals surface area contributed by atoms with Gasteiger partial charge in [0.1, 0.15) is 5.75 Å². The number of rotatable bonds is 7. The molecule has 0 radical (unpaired) electrons. The van der Waals surface area contributed by atoms with Crippen molar-refractivity contribution in [2.45, 2.75) is 19.3 Å². The average Bonchev–Trinajstić information content (AvgIpc) is 3.23. The maximum absolute atomic E-state index is 5.37. The molecule has 154 valence electrons. The molecule has 5 aromatic rings. The van der Waals surface area contributed by atoms with Crippen LogP contribution in [0.3, 0.4) is 0 Å². The van der Waals surface area contributed by atoms with Gasteiger partial charge in [-0.1, -0.05) is 30.3 Å². The molecule has 0 saturated carbocycles. The lowest BCUT2D eigenvalue weighted by atomic mass is 10.0. The van der Waals surface area contributed by atoms with E-state index in [2.05, 4.69) is 70.0 Å². The van der Waals surface area contributed by atoms with Crippen molar-refractivity contribution in [2.24, 2.45) is 0 Å². The van der Waals surface area contributed by atoms with Gasteiger partial charge in [-0.05, 0) is 72.9 Å². The number of pyridine rings is 1. The fraction of sp³-hybridized carbons (Fsp3) is 0.148. The van der Waals surface area contributed by atoms with E-state index in [9.17, 15) is 0 Å². The number of H-pyrrole nitrogens is 1. The Hall–Kier alpha value is -3.79. The number of nitrogens with zero attached hydrogens (tertiary/aromatic N) is 1. The molecule has 0 aliphatic heterocycles. The monoisotopic (exact) mass is 407 g/mol. The predicted octanol–water partition coefficient (Wildman–Crippen LogP) is 6.64. The van der Waals surface area contributed by atoms with Crippen LogP contribution in [0.25, 0.3) is 21.8 Å². The first kappa shape index (κ1) is 19.2. The Morgan fingerprint density at radius 2 is 1.77 bits per heavy atom. The summed E-state index contributed by atoms with van der Waals surface area (Å²) >= 11 is 0. The van der Waals surface area contributed by atoms with Crippen LogP contribution in [-0.4, -0.2) is 17.1 Å². The molecule has 4 heteroatoms. The van der Waals surface area contributed by atoms with E-state index < -0.39 is 0 Å². The molecule has 0 atom stereocenters. The van der Waals surface area contributed by atoms with Crippen LogP contribution in [0.5, 0.6) is 5.75 Å². The molecule has 31 heavy (non-hydrogen) atoms. The summed E-state index contributed by atoms with van der Waals surface area (Å²) in [6, 6.07) is 25.1. The molecule has 2 N–H and O–H groups in total. The standard InChI is InChI=1S/C27H25N3O/c1-31-22-13-14-26-24(17-22)27(15-16-28-26)30-21-11-9-19(10-12-21)5-4-6-20-18-29-25-8-3-2-7-23(20)25/h2-3,7-18,29H,4-6H2,1H3,(H,28,30). The largest absolute Gasteiger partial charge is 0.497 e. The second-order valence-electron chi connectivity index (χ2n) is 7.78. The molecule has 0 aliphatic rings. The highest BCUT2D eigenvalue weighted by atomic mass is 16.5. The fourth-order valence-corrected chi connectivity index (χ4v) is 4.09. The number of anilines is 2. The van der Waals surface area contributed by atoms with Gasteiger partial charge in [0, 0.05) is 40.1 Å². The van der Waals surface area contributed by atoms with Crippen molar-refractivity contribution in [1.82, 2.24) is 9.97 Å². The number of aromatic amines is 1. The van der Waals surface area contributed by atoms with Crippen molar-refractivity contribution in [3.05, 3.63) is 96.3 Å². The number of aromatic nitrogens is 2. The number of nitrogens with one attached hydrogen (secondary N) is 2. The third-order valence-corrected chi connectivity index (χ3v) is 5.77. The van der Waals surface area contributed by atoms with Crippen molar-refractivity contribution < 1.29 is 4.74 Å². The molecule has 2 aromatic heterocycles. The van der Waals surface area contributed by atoms with Crippen LogP contribution in [0.1, 0.15) is 17.5 Å². The van der Waals surface area contributed by atoms with Crippen LogP contribution in [-0.2, 0) is 12.8 Å². The van der Waals surface area contributed by atoms with Crippen molar-refractivity contribution in [3.8, 4) is 5.75 Å². The molecule has 0 aliphatic carbocycles. The molecule has 4 nitrogen and oxygen atoms in total. The highest BCUT2D eigenvalue weighted by molar-refractivity contribution is 5.93. The third-order valence-electron chi connectivity index (χ3n) is 5.77. The molecular formula is C27H25N3O. The number of ether oxygens (including phenoxy) is 1. The average molecular weight is 408 g/mol. The minimum atomic E-state index is 0.828. The number of para-hydroxylation sites is 1. The summed E-state index contributed by atoms with van der Waals surface area (Å²) in [5.74, 6) is 0.828. The number of methoxy groups -OCH3 is 1. The Bertz CT molecular complexity index is 1320. The zero-order valence-electron chi connectivity index (χ0n) is 17.6. The number of hydrogen-bond acceptors (Lipinski definition) is 3. The van der Waals surface area contributed by atoms with Crippen LogP contribution in [0.4, 0.5) is 11.4 Å². The van der Waals surface area contributed by atoms with Gasteiger partial charge in [-0.2, -0.15) is 0 Å². The second-order valence-corrected chi connectivity index (χ2v) is 7.78. The van der Waals surface area contributed by atoms with E-state index in [1.54, 1.807) is 7.11 Å². The van der Waals surface area contributed by atoms with Crippen LogP contribution in [0, 0.1) is 0 Å². The Morgan fingerprint density at radius 3 is 2.65 bits per heavy atom. The maximum Gasteiger partial charge on any atom is 0.119 e. The second kappa shape index (κ2) is 8.52. The summed E-state index contributed by atoms with van der Waals surface area (Å²) in [4.78, 5) is 7.82. The van der Waals surface area contributed by atoms with Gasteiger partial charge >= 0.3 is 0 Å². The summed E-state index contributed by atoms with van der Waals surface area (Å²) in [5.41, 5.74) is 7.00. The van der Waals surface area contributed by atoms with Crippen LogP contribution in [0.15, 0.2) is 85.2 Å². The Kier molecular flexibility index (Phi) is 5.28. The van der Waals surface area contributed by atoms with E-state index in [0.717, 1.165) is 47.3 Å². The van der Waals surface area contributed by atoms with E-state index in [4.69, 9.17) is 4.74 Å². The van der Waals surface area contributed by atoms with Gasteiger partial charge in [0.25, 0.3) is 0 Å². The summed E-state index contributed by atoms with van der Waals surface area (Å²) in [6.45, 7) is 0. The molecule has 5 rings (SSSR count). The zero-order valence-corrected chi connectivity index (χ0v) is 17.6. The van der Waals surface area contributed by atoms with Gasteiger partial charge in [0.15, 0.2) is 0 Å². The third kappa shape index (κ3) is 4.10. The molecule has 2 heterocycles. The molecule has 0 saturated heterocycles. The first-order valence-electron chi connectivity index (χ1n) is 10.6. The van der Waals surface area contributed by atoms with Crippen molar-refractivity contribution in [2.75, 3.05) is 12.4 Å². The number of aryl methyl sites for hydroxylation is 2. The van der Waals surface area contributed by atoms with Gasteiger partial charge < -0.3 is 15.0 Å². The summed E-state index contributed by atoms with van der Waals surface area (Å²) in [6.07, 6.45) is 7.25. The quantitative estimate of drug-likeness (QED) is 0.318. The lowest BCUT2D eigenvalue weighted by molar-refractivity contribution is 0.415. The van der Waals surface area contributed by atoms with Crippen LogP contribution in [0.2, 0.25) is 0 Å². The number of hydrogen-bond donors (Lipinski definition) is 2.